The maximum Gasteiger partial charge on any atom is 0.472 e. The Balaban J connectivity index is 5.20. The second-order valence-corrected chi connectivity index (χ2v) is 30.4. The van der Waals surface area contributed by atoms with Gasteiger partial charge in [0.15, 0.2) is 12.2 Å². The molecule has 558 valence electrons. The predicted octanol–water partition coefficient (Wildman–Crippen LogP) is 22.1. The Labute approximate surface area is 575 Å². The molecule has 0 amide bonds. The van der Waals surface area contributed by atoms with Crippen LogP contribution in [0.2, 0.25) is 0 Å². The van der Waals surface area contributed by atoms with Crippen LogP contribution in [0.5, 0.6) is 0 Å². The fourth-order valence-corrected chi connectivity index (χ4v) is 13.1. The minimum atomic E-state index is -4.96. The van der Waals surface area contributed by atoms with Gasteiger partial charge in [-0.05, 0) is 31.6 Å². The molecule has 0 aromatic heterocycles. The number of esters is 4. The molecule has 0 heterocycles. The zero-order valence-corrected chi connectivity index (χ0v) is 62.9. The molecule has 2 unspecified atom stereocenters. The van der Waals surface area contributed by atoms with Gasteiger partial charge in [0.05, 0.1) is 26.4 Å². The van der Waals surface area contributed by atoms with Crippen molar-refractivity contribution in [3.05, 3.63) is 0 Å². The smallest absolute Gasteiger partial charge is 0.462 e. The topological polar surface area (TPSA) is 237 Å². The van der Waals surface area contributed by atoms with Crippen molar-refractivity contribution in [2.75, 3.05) is 39.6 Å². The standard InChI is InChI=1S/C75H146O17P2/c1-6-9-12-15-18-21-23-25-27-28-29-30-31-32-34-36-39-45-50-55-60-74(79)91-70(65-86-73(78)59-54-49-44-38-35-33-26-24-22-19-16-13-10-7-2)66-89-93(81,82)87-62-69(76)63-88-94(83,84)90-67-71(64-85-72(77)58-53-48-43-37-20-17-14-11-8-3)92-75(80)61-56-51-46-41-40-42-47-52-57-68(4)5/h68-71,76H,6-67H2,1-5H3,(H,81,82)(H,83,84)/t69-,70-,71-/m1/s1. The molecule has 5 atom stereocenters. The van der Waals surface area contributed by atoms with Crippen LogP contribution in [-0.2, 0) is 65.4 Å². The number of hydrogen-bond acceptors (Lipinski definition) is 15. The highest BCUT2D eigenvalue weighted by Gasteiger charge is 2.30. The van der Waals surface area contributed by atoms with Crippen LogP contribution in [0.4, 0.5) is 0 Å². The van der Waals surface area contributed by atoms with E-state index in [1.54, 1.807) is 0 Å². The molecule has 0 aromatic carbocycles. The summed E-state index contributed by atoms with van der Waals surface area (Å²) in [5, 5.41) is 10.6. The first-order chi connectivity index (χ1) is 45.5. The zero-order chi connectivity index (χ0) is 69.1. The van der Waals surface area contributed by atoms with Crippen molar-refractivity contribution < 1.29 is 80.2 Å². The number of aliphatic hydroxyl groups is 1. The van der Waals surface area contributed by atoms with Crippen LogP contribution in [0.15, 0.2) is 0 Å². The molecule has 0 radical (unpaired) electrons. The average Bonchev–Trinajstić information content (AvgIpc) is 1.89. The van der Waals surface area contributed by atoms with E-state index in [1.165, 1.54) is 218 Å². The van der Waals surface area contributed by atoms with Crippen LogP contribution in [0.3, 0.4) is 0 Å². The molecule has 19 heteroatoms. The lowest BCUT2D eigenvalue weighted by atomic mass is 10.0. The number of unbranched alkanes of at least 4 members (excludes halogenated alkanes) is 47. The second-order valence-electron chi connectivity index (χ2n) is 27.5. The van der Waals surface area contributed by atoms with E-state index in [2.05, 4.69) is 34.6 Å². The fraction of sp³-hybridized carbons (Fsp3) is 0.947. The van der Waals surface area contributed by atoms with E-state index in [1.807, 2.05) is 0 Å². The largest absolute Gasteiger partial charge is 0.472 e. The number of hydrogen-bond donors (Lipinski definition) is 3. The van der Waals surface area contributed by atoms with Gasteiger partial charge in [-0.1, -0.05) is 343 Å². The van der Waals surface area contributed by atoms with E-state index in [4.69, 9.17) is 37.0 Å². The van der Waals surface area contributed by atoms with Gasteiger partial charge in [-0.25, -0.2) is 9.13 Å². The third-order valence-electron chi connectivity index (χ3n) is 17.5. The monoisotopic (exact) mass is 1380 g/mol. The van der Waals surface area contributed by atoms with E-state index >= 15 is 0 Å². The molecule has 94 heavy (non-hydrogen) atoms. The highest BCUT2D eigenvalue weighted by molar-refractivity contribution is 7.47. The molecule has 0 aromatic rings. The van der Waals surface area contributed by atoms with Crippen molar-refractivity contribution in [2.45, 2.75) is 412 Å². The van der Waals surface area contributed by atoms with Gasteiger partial charge < -0.3 is 33.8 Å². The summed E-state index contributed by atoms with van der Waals surface area (Å²) in [6.07, 6.45) is 57.0. The lowest BCUT2D eigenvalue weighted by Gasteiger charge is -2.21. The van der Waals surface area contributed by atoms with Crippen molar-refractivity contribution in [3.63, 3.8) is 0 Å². The predicted molar refractivity (Wildman–Crippen MR) is 382 cm³/mol. The molecule has 3 N–H and O–H groups in total. The van der Waals surface area contributed by atoms with E-state index in [0.29, 0.717) is 25.7 Å². The summed E-state index contributed by atoms with van der Waals surface area (Å²) >= 11 is 0. The van der Waals surface area contributed by atoms with Crippen molar-refractivity contribution >= 4 is 39.5 Å². The SMILES string of the molecule is CCCCCCCCCCCCCCCCCCCCCCC(=O)O[C@H](COC(=O)CCCCCCCCCCCCCCCC)COP(=O)(O)OC[C@@H](O)COP(=O)(O)OC[C@@H](COC(=O)CCCCCCCCCCC)OC(=O)CCCCCCCCCCC(C)C. The number of carbonyl (C=O) groups is 4. The van der Waals surface area contributed by atoms with E-state index in [0.717, 1.165) is 95.8 Å². The molecule has 0 bridgehead atoms. The molecular formula is C75H146O17P2. The number of carbonyl (C=O) groups excluding carboxylic acids is 4. The summed E-state index contributed by atoms with van der Waals surface area (Å²) < 4.78 is 68.4. The summed E-state index contributed by atoms with van der Waals surface area (Å²) in [4.78, 5) is 72.7. The number of phosphoric ester groups is 2. The fourth-order valence-electron chi connectivity index (χ4n) is 11.5. The normalized spacial score (nSPS) is 14.0. The second kappa shape index (κ2) is 68.2. The molecule has 0 aliphatic heterocycles. The van der Waals surface area contributed by atoms with Crippen LogP contribution < -0.4 is 0 Å². The zero-order valence-electron chi connectivity index (χ0n) is 61.1. The maximum absolute atomic E-state index is 13.1. The Morgan fingerprint density at radius 1 is 0.287 bits per heavy atom. The highest BCUT2D eigenvalue weighted by atomic mass is 31.2. The van der Waals surface area contributed by atoms with E-state index in [-0.39, 0.29) is 25.7 Å². The van der Waals surface area contributed by atoms with Gasteiger partial charge in [0.1, 0.15) is 19.3 Å². The number of phosphoric acid groups is 2. The quantitative estimate of drug-likeness (QED) is 0.0222. The van der Waals surface area contributed by atoms with Crippen LogP contribution in [0.25, 0.3) is 0 Å². The third kappa shape index (κ3) is 68.6. The van der Waals surface area contributed by atoms with Crippen molar-refractivity contribution in [1.82, 2.24) is 0 Å². The van der Waals surface area contributed by atoms with Crippen LogP contribution in [-0.4, -0.2) is 96.7 Å². The number of rotatable bonds is 75. The summed E-state index contributed by atoms with van der Waals surface area (Å²) in [5.74, 6) is -1.40. The summed E-state index contributed by atoms with van der Waals surface area (Å²) in [7, 11) is -9.90. The first kappa shape index (κ1) is 92.1. The van der Waals surface area contributed by atoms with Gasteiger partial charge in [0, 0.05) is 25.7 Å². The minimum absolute atomic E-state index is 0.105. The lowest BCUT2D eigenvalue weighted by molar-refractivity contribution is -0.161. The maximum atomic E-state index is 13.1. The Kier molecular flexibility index (Phi) is 66.8. The summed E-state index contributed by atoms with van der Waals surface area (Å²) in [6.45, 7) is 7.23. The van der Waals surface area contributed by atoms with Gasteiger partial charge in [-0.15, -0.1) is 0 Å². The molecular weight excluding hydrogens is 1230 g/mol. The van der Waals surface area contributed by atoms with Crippen LogP contribution in [0, 0.1) is 5.92 Å². The molecule has 0 fully saturated rings. The van der Waals surface area contributed by atoms with Gasteiger partial charge >= 0.3 is 39.5 Å². The van der Waals surface area contributed by atoms with Crippen LogP contribution in [0.1, 0.15) is 394 Å². The molecule has 0 aliphatic carbocycles. The van der Waals surface area contributed by atoms with E-state index in [9.17, 15) is 43.2 Å². The van der Waals surface area contributed by atoms with Gasteiger partial charge in [-0.2, -0.15) is 0 Å². The van der Waals surface area contributed by atoms with Gasteiger partial charge in [0.2, 0.25) is 0 Å². The Morgan fingerprint density at radius 2 is 0.489 bits per heavy atom. The highest BCUT2D eigenvalue weighted by Crippen LogP contribution is 2.45. The molecule has 0 spiro atoms. The van der Waals surface area contributed by atoms with Gasteiger partial charge in [0.25, 0.3) is 0 Å². The van der Waals surface area contributed by atoms with Crippen molar-refractivity contribution in [1.29, 1.82) is 0 Å². The van der Waals surface area contributed by atoms with E-state index < -0.39 is 97.5 Å². The summed E-state index contributed by atoms with van der Waals surface area (Å²) in [6, 6.07) is 0. The minimum Gasteiger partial charge on any atom is -0.462 e. The molecule has 0 rings (SSSR count). The average molecular weight is 1380 g/mol. The number of aliphatic hydroxyl groups excluding tert-OH is 1. The summed E-state index contributed by atoms with van der Waals surface area (Å²) in [5.41, 5.74) is 0. The van der Waals surface area contributed by atoms with Crippen molar-refractivity contribution in [2.24, 2.45) is 5.92 Å². The third-order valence-corrected chi connectivity index (χ3v) is 19.4. The van der Waals surface area contributed by atoms with Gasteiger partial charge in [-0.3, -0.25) is 37.3 Å². The first-order valence-corrected chi connectivity index (χ1v) is 42.1. The molecule has 17 nitrogen and oxygen atoms in total. The Bertz CT molecular complexity index is 1810. The number of ether oxygens (including phenoxy) is 4. The van der Waals surface area contributed by atoms with Crippen molar-refractivity contribution in [3.8, 4) is 0 Å². The first-order valence-electron chi connectivity index (χ1n) is 39.1. The van der Waals surface area contributed by atoms with Crippen LogP contribution >= 0.6 is 15.6 Å². The molecule has 0 saturated heterocycles. The lowest BCUT2D eigenvalue weighted by Crippen LogP contribution is -2.30. The Morgan fingerprint density at radius 3 is 0.723 bits per heavy atom. The molecule has 0 saturated carbocycles. The molecule has 0 aliphatic rings. The Hall–Kier alpha value is -1.94.